The molecule has 1 heterocycles. The van der Waals surface area contributed by atoms with Crippen LogP contribution in [0, 0.1) is 0 Å². The molecule has 1 aromatic rings. The van der Waals surface area contributed by atoms with Crippen molar-refractivity contribution >= 4 is 41.3 Å². The van der Waals surface area contributed by atoms with Crippen LogP contribution in [0.5, 0.6) is 0 Å². The van der Waals surface area contributed by atoms with Crippen molar-refractivity contribution in [1.82, 2.24) is 10.2 Å². The number of hydrogen-bond acceptors (Lipinski definition) is 2. The summed E-state index contributed by atoms with van der Waals surface area (Å²) < 4.78 is 0. The van der Waals surface area contributed by atoms with Gasteiger partial charge in [0.05, 0.1) is 0 Å². The van der Waals surface area contributed by atoms with E-state index >= 15 is 0 Å². The van der Waals surface area contributed by atoms with E-state index in [4.69, 9.17) is 0 Å². The molecule has 0 radical (unpaired) electrons. The number of nitrogens with zero attached hydrogens (tertiary/aromatic N) is 2. The number of aliphatic imine (C=N–C) groups is 1. The molecule has 20 heavy (non-hydrogen) atoms. The second kappa shape index (κ2) is 8.22. The summed E-state index contributed by atoms with van der Waals surface area (Å²) in [6.45, 7) is 0.998. The molecule has 3 nitrogen and oxygen atoms in total. The van der Waals surface area contributed by atoms with E-state index in [1.807, 2.05) is 37.4 Å². The first kappa shape index (κ1) is 17.8. The highest BCUT2D eigenvalue weighted by atomic mass is 127. The van der Waals surface area contributed by atoms with Crippen LogP contribution in [0.25, 0.3) is 0 Å². The summed E-state index contributed by atoms with van der Waals surface area (Å²) in [5, 5.41) is 5.75. The van der Waals surface area contributed by atoms with Crippen molar-refractivity contribution in [2.45, 2.75) is 37.5 Å². The predicted octanol–water partition coefficient (Wildman–Crippen LogP) is 3.71. The normalized spacial score (nSPS) is 18.2. The molecule has 0 spiro atoms. The van der Waals surface area contributed by atoms with Gasteiger partial charge in [-0.25, -0.2) is 0 Å². The zero-order chi connectivity index (χ0) is 13.7. The van der Waals surface area contributed by atoms with Gasteiger partial charge in [0.2, 0.25) is 0 Å². The highest BCUT2D eigenvalue weighted by Gasteiger charge is 2.34. The average molecular weight is 407 g/mol. The van der Waals surface area contributed by atoms with Crippen molar-refractivity contribution in [1.29, 1.82) is 0 Å². The maximum absolute atomic E-state index is 4.32. The Kier molecular flexibility index (Phi) is 7.29. The fourth-order valence-corrected chi connectivity index (χ4v) is 3.99. The molecule has 0 amide bonds. The Hall–Kier alpha value is -0.300. The fourth-order valence-electron chi connectivity index (χ4n) is 3.00. The summed E-state index contributed by atoms with van der Waals surface area (Å²) in [6, 6.07) is 4.48. The van der Waals surface area contributed by atoms with Crippen molar-refractivity contribution < 1.29 is 0 Å². The third-order valence-electron chi connectivity index (χ3n) is 4.07. The lowest BCUT2D eigenvalue weighted by molar-refractivity contribution is 0.294. The van der Waals surface area contributed by atoms with Gasteiger partial charge in [0.15, 0.2) is 5.96 Å². The Morgan fingerprint density at radius 1 is 1.35 bits per heavy atom. The van der Waals surface area contributed by atoms with E-state index in [0.717, 1.165) is 12.5 Å². The van der Waals surface area contributed by atoms with Crippen molar-refractivity contribution in [3.05, 3.63) is 22.4 Å². The first-order valence-corrected chi connectivity index (χ1v) is 7.98. The van der Waals surface area contributed by atoms with E-state index in [0.29, 0.717) is 5.41 Å². The lowest BCUT2D eigenvalue weighted by Crippen LogP contribution is -2.45. The van der Waals surface area contributed by atoms with Gasteiger partial charge in [0.1, 0.15) is 0 Å². The van der Waals surface area contributed by atoms with Crippen LogP contribution in [0.1, 0.15) is 37.0 Å². The molecule has 1 N–H and O–H groups in total. The van der Waals surface area contributed by atoms with Crippen molar-refractivity contribution in [2.24, 2.45) is 4.99 Å². The molecule has 1 aliphatic carbocycles. The van der Waals surface area contributed by atoms with E-state index in [9.17, 15) is 0 Å². The van der Waals surface area contributed by atoms with Crippen LogP contribution < -0.4 is 5.32 Å². The molecule has 5 heteroatoms. The molecule has 2 rings (SSSR count). The summed E-state index contributed by atoms with van der Waals surface area (Å²) in [4.78, 5) is 7.90. The van der Waals surface area contributed by atoms with Gasteiger partial charge in [0, 0.05) is 38.0 Å². The molecule has 0 unspecified atom stereocenters. The van der Waals surface area contributed by atoms with Gasteiger partial charge in [0.25, 0.3) is 0 Å². The monoisotopic (exact) mass is 407 g/mol. The summed E-state index contributed by atoms with van der Waals surface area (Å²) in [5.74, 6) is 0.974. The van der Waals surface area contributed by atoms with Gasteiger partial charge >= 0.3 is 0 Å². The molecule has 0 aliphatic heterocycles. The second-order valence-corrected chi connectivity index (χ2v) is 6.56. The Balaban J connectivity index is 0.00000200. The average Bonchev–Trinajstić information content (AvgIpc) is 2.94. The highest BCUT2D eigenvalue weighted by Crippen LogP contribution is 2.41. The molecule has 0 bridgehead atoms. The molecule has 1 fully saturated rings. The van der Waals surface area contributed by atoms with Crippen LogP contribution in [0.15, 0.2) is 22.5 Å². The molecule has 0 aromatic carbocycles. The maximum atomic E-state index is 4.32. The maximum Gasteiger partial charge on any atom is 0.193 e. The molecular weight excluding hydrogens is 381 g/mol. The molecule has 1 aliphatic rings. The Morgan fingerprint density at radius 2 is 2.05 bits per heavy atom. The van der Waals surface area contributed by atoms with Crippen LogP contribution in [-0.2, 0) is 5.41 Å². The smallest absolute Gasteiger partial charge is 0.193 e. The minimum absolute atomic E-state index is 0. The Labute approximate surface area is 143 Å². The SMILES string of the molecule is CN=C(NCC1(c2cccs2)CCCCC1)N(C)C.I. The van der Waals surface area contributed by atoms with Crippen LogP contribution in [0.3, 0.4) is 0 Å². The van der Waals surface area contributed by atoms with E-state index in [2.05, 4.69) is 27.8 Å². The van der Waals surface area contributed by atoms with Crippen molar-refractivity contribution in [3.63, 3.8) is 0 Å². The Morgan fingerprint density at radius 3 is 2.55 bits per heavy atom. The van der Waals surface area contributed by atoms with Gasteiger partial charge in [-0.2, -0.15) is 0 Å². The van der Waals surface area contributed by atoms with Crippen LogP contribution >= 0.6 is 35.3 Å². The van der Waals surface area contributed by atoms with Gasteiger partial charge in [-0.15, -0.1) is 35.3 Å². The fraction of sp³-hybridized carbons (Fsp3) is 0.667. The van der Waals surface area contributed by atoms with Crippen molar-refractivity contribution in [3.8, 4) is 0 Å². The van der Waals surface area contributed by atoms with Crippen molar-refractivity contribution in [2.75, 3.05) is 27.7 Å². The van der Waals surface area contributed by atoms with E-state index < -0.39 is 0 Å². The summed E-state index contributed by atoms with van der Waals surface area (Å²) in [5.41, 5.74) is 0.318. The van der Waals surface area contributed by atoms with E-state index in [1.165, 1.54) is 37.0 Å². The number of nitrogens with one attached hydrogen (secondary N) is 1. The molecule has 1 saturated carbocycles. The number of thiophene rings is 1. The zero-order valence-corrected chi connectivity index (χ0v) is 15.8. The molecule has 0 atom stereocenters. The molecule has 114 valence electrons. The minimum atomic E-state index is 0. The predicted molar refractivity (Wildman–Crippen MR) is 99.5 cm³/mol. The zero-order valence-electron chi connectivity index (χ0n) is 12.7. The topological polar surface area (TPSA) is 27.6 Å². The second-order valence-electron chi connectivity index (χ2n) is 5.61. The van der Waals surface area contributed by atoms with Crippen LogP contribution in [0.2, 0.25) is 0 Å². The molecule has 0 saturated heterocycles. The van der Waals surface area contributed by atoms with Gasteiger partial charge < -0.3 is 10.2 Å². The number of guanidine groups is 1. The van der Waals surface area contributed by atoms with Gasteiger partial charge in [-0.1, -0.05) is 25.3 Å². The standard InChI is InChI=1S/C15H25N3S.HI/c1-16-14(18(2)3)17-12-15(9-5-4-6-10-15)13-8-7-11-19-13;/h7-8,11H,4-6,9-10,12H2,1-3H3,(H,16,17);1H. The first-order chi connectivity index (χ1) is 9.18. The van der Waals surface area contributed by atoms with Gasteiger partial charge in [-0.3, -0.25) is 4.99 Å². The first-order valence-electron chi connectivity index (χ1n) is 7.10. The lowest BCUT2D eigenvalue weighted by Gasteiger charge is -2.37. The summed E-state index contributed by atoms with van der Waals surface area (Å²) in [7, 11) is 5.92. The summed E-state index contributed by atoms with van der Waals surface area (Å²) in [6.07, 6.45) is 6.67. The largest absolute Gasteiger partial charge is 0.355 e. The van der Waals surface area contributed by atoms with E-state index in [-0.39, 0.29) is 24.0 Å². The third-order valence-corrected chi connectivity index (χ3v) is 5.19. The quantitative estimate of drug-likeness (QED) is 0.470. The van der Waals surface area contributed by atoms with Gasteiger partial charge in [-0.05, 0) is 24.3 Å². The minimum Gasteiger partial charge on any atom is -0.355 e. The lowest BCUT2D eigenvalue weighted by atomic mass is 9.73. The number of hydrogen-bond donors (Lipinski definition) is 1. The van der Waals surface area contributed by atoms with Crippen LogP contribution in [-0.4, -0.2) is 38.5 Å². The number of rotatable bonds is 3. The third kappa shape index (κ3) is 4.10. The Bertz CT molecular complexity index is 409. The number of halogens is 1. The molecule has 1 aromatic heterocycles. The summed E-state index contributed by atoms with van der Waals surface area (Å²) >= 11 is 1.90. The highest BCUT2D eigenvalue weighted by molar-refractivity contribution is 14.0. The molecular formula is C15H26IN3S. The van der Waals surface area contributed by atoms with Crippen LogP contribution in [0.4, 0.5) is 0 Å². The van der Waals surface area contributed by atoms with E-state index in [1.54, 1.807) is 0 Å².